The van der Waals surface area contributed by atoms with Crippen LogP contribution in [-0.4, -0.2) is 0 Å². The van der Waals surface area contributed by atoms with Gasteiger partial charge < -0.3 is 0 Å². The molecule has 0 bridgehead atoms. The van der Waals surface area contributed by atoms with Crippen LogP contribution < -0.4 is 0 Å². The summed E-state index contributed by atoms with van der Waals surface area (Å²) in [7, 11) is 0. The summed E-state index contributed by atoms with van der Waals surface area (Å²) < 4.78 is 0. The molecule has 0 radical (unpaired) electrons. The number of thiophene rings is 1. The Morgan fingerprint density at radius 3 is 2.61 bits per heavy atom. The van der Waals surface area contributed by atoms with Crippen molar-refractivity contribution in [1.82, 2.24) is 0 Å². The van der Waals surface area contributed by atoms with Crippen molar-refractivity contribution in [3.8, 4) is 0 Å². The molecule has 1 heterocycles. The zero-order valence-corrected chi connectivity index (χ0v) is 14.7. The SMILES string of the molecule is Clc1ccc(C=C2c3ccccc3CCc3ccsc32)c(Cl)c1. The maximum atomic E-state index is 6.39. The zero-order valence-electron chi connectivity index (χ0n) is 12.4. The van der Waals surface area contributed by atoms with Crippen LogP contribution >= 0.6 is 34.5 Å². The molecule has 0 nitrogen and oxygen atoms in total. The van der Waals surface area contributed by atoms with E-state index in [0.717, 1.165) is 18.4 Å². The fourth-order valence-corrected chi connectivity index (χ4v) is 4.53. The van der Waals surface area contributed by atoms with Gasteiger partial charge in [-0.2, -0.15) is 0 Å². The molecule has 0 spiro atoms. The first kappa shape index (κ1) is 15.0. The summed E-state index contributed by atoms with van der Waals surface area (Å²) in [6.07, 6.45) is 4.35. The highest BCUT2D eigenvalue weighted by Gasteiger charge is 2.19. The number of aryl methyl sites for hydroxylation is 2. The van der Waals surface area contributed by atoms with Crippen LogP contribution in [0.2, 0.25) is 10.0 Å². The van der Waals surface area contributed by atoms with Gasteiger partial charge in [0.2, 0.25) is 0 Å². The van der Waals surface area contributed by atoms with Crippen molar-refractivity contribution in [2.45, 2.75) is 12.8 Å². The molecule has 23 heavy (non-hydrogen) atoms. The van der Waals surface area contributed by atoms with E-state index in [9.17, 15) is 0 Å². The van der Waals surface area contributed by atoms with Crippen molar-refractivity contribution in [3.05, 3.63) is 91.1 Å². The molecule has 114 valence electrons. The Hall–Kier alpha value is -1.54. The summed E-state index contributed by atoms with van der Waals surface area (Å²) in [6, 6.07) is 16.6. The lowest BCUT2D eigenvalue weighted by molar-refractivity contribution is 0.970. The Kier molecular flexibility index (Phi) is 4.02. The summed E-state index contributed by atoms with van der Waals surface area (Å²) in [5.41, 5.74) is 6.38. The van der Waals surface area contributed by atoms with E-state index in [2.05, 4.69) is 41.8 Å². The number of benzene rings is 2. The molecule has 0 fully saturated rings. The minimum absolute atomic E-state index is 0.662. The van der Waals surface area contributed by atoms with Crippen LogP contribution in [0.5, 0.6) is 0 Å². The molecule has 3 aromatic rings. The molecule has 0 aliphatic heterocycles. The van der Waals surface area contributed by atoms with Gasteiger partial charge in [-0.25, -0.2) is 0 Å². The Labute approximate surface area is 150 Å². The van der Waals surface area contributed by atoms with Crippen LogP contribution in [0.4, 0.5) is 0 Å². The predicted molar refractivity (Wildman–Crippen MR) is 102 cm³/mol. The van der Waals surface area contributed by atoms with E-state index in [0.29, 0.717) is 10.0 Å². The largest absolute Gasteiger partial charge is 0.144 e. The van der Waals surface area contributed by atoms with Crippen LogP contribution in [0.1, 0.15) is 27.1 Å². The second-order valence-corrected chi connectivity index (χ2v) is 7.42. The maximum absolute atomic E-state index is 6.39. The molecule has 1 aliphatic rings. The van der Waals surface area contributed by atoms with Crippen LogP contribution in [0.25, 0.3) is 11.6 Å². The van der Waals surface area contributed by atoms with E-state index in [-0.39, 0.29) is 0 Å². The number of fused-ring (bicyclic) bond motifs is 2. The number of hydrogen-bond acceptors (Lipinski definition) is 1. The van der Waals surface area contributed by atoms with Crippen LogP contribution in [-0.2, 0) is 12.8 Å². The highest BCUT2D eigenvalue weighted by Crippen LogP contribution is 2.38. The van der Waals surface area contributed by atoms with Gasteiger partial charge >= 0.3 is 0 Å². The molecule has 1 aromatic heterocycles. The first-order chi connectivity index (χ1) is 11.2. The molecule has 4 rings (SSSR count). The first-order valence-corrected chi connectivity index (χ1v) is 9.18. The molecule has 2 aromatic carbocycles. The maximum Gasteiger partial charge on any atom is 0.0493 e. The van der Waals surface area contributed by atoms with Gasteiger partial charge in [0.05, 0.1) is 0 Å². The van der Waals surface area contributed by atoms with E-state index in [1.165, 1.54) is 27.1 Å². The predicted octanol–water partition coefficient (Wildman–Crippen LogP) is 6.74. The lowest BCUT2D eigenvalue weighted by Gasteiger charge is -2.10. The van der Waals surface area contributed by atoms with Crippen LogP contribution in [0.15, 0.2) is 53.9 Å². The average molecular weight is 357 g/mol. The molecule has 0 N–H and O–H groups in total. The van der Waals surface area contributed by atoms with E-state index in [4.69, 9.17) is 23.2 Å². The van der Waals surface area contributed by atoms with Gasteiger partial charge in [0, 0.05) is 20.5 Å². The third-order valence-electron chi connectivity index (χ3n) is 4.22. The molecule has 3 heteroatoms. The lowest BCUT2D eigenvalue weighted by Crippen LogP contribution is -1.91. The number of halogens is 2. The average Bonchev–Trinajstić information content (AvgIpc) is 2.96. The van der Waals surface area contributed by atoms with Gasteiger partial charge in [0.15, 0.2) is 0 Å². The van der Waals surface area contributed by atoms with Gasteiger partial charge in [-0.05, 0) is 64.8 Å². The topological polar surface area (TPSA) is 0 Å². The van der Waals surface area contributed by atoms with Crippen LogP contribution in [0.3, 0.4) is 0 Å². The lowest BCUT2D eigenvalue weighted by atomic mass is 9.97. The molecule has 0 saturated heterocycles. The van der Waals surface area contributed by atoms with E-state index in [1.807, 2.05) is 12.1 Å². The fraction of sp³-hybridized carbons (Fsp3) is 0.100. The standard InChI is InChI=1S/C20H14Cl2S/c21-16-8-7-15(19(22)12-16)11-18-17-4-2-1-3-13(17)5-6-14-9-10-23-20(14)18/h1-4,7-12H,5-6H2. The van der Waals surface area contributed by atoms with E-state index >= 15 is 0 Å². The van der Waals surface area contributed by atoms with Crippen molar-refractivity contribution in [2.75, 3.05) is 0 Å². The Morgan fingerprint density at radius 2 is 1.74 bits per heavy atom. The van der Waals surface area contributed by atoms with Gasteiger partial charge in [-0.1, -0.05) is 53.5 Å². The Morgan fingerprint density at radius 1 is 0.913 bits per heavy atom. The summed E-state index contributed by atoms with van der Waals surface area (Å²) in [5.74, 6) is 0. The van der Waals surface area contributed by atoms with E-state index in [1.54, 1.807) is 17.4 Å². The Balaban J connectivity index is 1.95. The molecular formula is C20H14Cl2S. The normalized spacial score (nSPS) is 15.1. The zero-order chi connectivity index (χ0) is 15.8. The smallest absolute Gasteiger partial charge is 0.0493 e. The van der Waals surface area contributed by atoms with Crippen LogP contribution in [0, 0.1) is 0 Å². The van der Waals surface area contributed by atoms with Gasteiger partial charge in [0.1, 0.15) is 0 Å². The van der Waals surface area contributed by atoms with E-state index < -0.39 is 0 Å². The second kappa shape index (κ2) is 6.16. The molecule has 0 amide bonds. The number of hydrogen-bond donors (Lipinski definition) is 0. The van der Waals surface area contributed by atoms with Crippen molar-refractivity contribution >= 4 is 46.2 Å². The van der Waals surface area contributed by atoms with Crippen molar-refractivity contribution in [3.63, 3.8) is 0 Å². The molecule has 0 unspecified atom stereocenters. The highest BCUT2D eigenvalue weighted by atomic mass is 35.5. The summed E-state index contributed by atoms with van der Waals surface area (Å²) in [6.45, 7) is 0. The van der Waals surface area contributed by atoms with Gasteiger partial charge in [-0.15, -0.1) is 11.3 Å². The molecule has 1 aliphatic carbocycles. The first-order valence-electron chi connectivity index (χ1n) is 7.54. The monoisotopic (exact) mass is 356 g/mol. The second-order valence-electron chi connectivity index (χ2n) is 5.66. The van der Waals surface area contributed by atoms with Gasteiger partial charge in [-0.3, -0.25) is 0 Å². The third kappa shape index (κ3) is 2.85. The van der Waals surface area contributed by atoms with Gasteiger partial charge in [0.25, 0.3) is 0 Å². The summed E-state index contributed by atoms with van der Waals surface area (Å²) in [4.78, 5) is 1.35. The fourth-order valence-electron chi connectivity index (χ4n) is 3.08. The number of rotatable bonds is 1. The van der Waals surface area contributed by atoms with Crippen molar-refractivity contribution in [2.24, 2.45) is 0 Å². The molecule has 0 atom stereocenters. The highest BCUT2D eigenvalue weighted by molar-refractivity contribution is 7.11. The quantitative estimate of drug-likeness (QED) is 0.452. The minimum Gasteiger partial charge on any atom is -0.144 e. The summed E-state index contributed by atoms with van der Waals surface area (Å²) >= 11 is 14.2. The third-order valence-corrected chi connectivity index (χ3v) is 5.78. The molecular weight excluding hydrogens is 343 g/mol. The molecule has 0 saturated carbocycles. The Bertz CT molecular complexity index is 906. The van der Waals surface area contributed by atoms with Crippen molar-refractivity contribution < 1.29 is 0 Å². The summed E-state index contributed by atoms with van der Waals surface area (Å²) in [5, 5.41) is 3.52. The van der Waals surface area contributed by atoms with Crippen molar-refractivity contribution in [1.29, 1.82) is 0 Å². The minimum atomic E-state index is 0.662.